The molecule has 0 heterocycles. The largest absolute Gasteiger partial charge is 0.342 e. The summed E-state index contributed by atoms with van der Waals surface area (Å²) in [6.07, 6.45) is 1.60. The fraction of sp³-hybridized carbons (Fsp3) is 0.429. The third-order valence-electron chi connectivity index (χ3n) is 9.63. The highest BCUT2D eigenvalue weighted by Crippen LogP contribution is 2.31. The summed E-state index contributed by atoms with van der Waals surface area (Å²) in [5, 5.41) is 6.21. The highest BCUT2D eigenvalue weighted by atomic mass is 32.2. The molecule has 0 saturated carbocycles. The first-order valence-electron chi connectivity index (χ1n) is 17.8. The van der Waals surface area contributed by atoms with Crippen LogP contribution in [0.4, 0.5) is 0 Å². The lowest BCUT2D eigenvalue weighted by Gasteiger charge is -2.40. The van der Waals surface area contributed by atoms with Gasteiger partial charge >= 0.3 is 0 Å². The number of amides is 3. The van der Waals surface area contributed by atoms with Crippen molar-refractivity contribution in [2.45, 2.75) is 91.6 Å². The van der Waals surface area contributed by atoms with Gasteiger partial charge in [0.2, 0.25) is 21.8 Å². The maximum Gasteiger partial charge on any atom is 0.260 e. The minimum Gasteiger partial charge on any atom is -0.342 e. The Labute approximate surface area is 315 Å². The van der Waals surface area contributed by atoms with E-state index in [1.54, 1.807) is 62.6 Å². The lowest BCUT2D eigenvalue weighted by atomic mass is 9.76. The van der Waals surface area contributed by atoms with E-state index in [-0.39, 0.29) is 34.8 Å². The first kappa shape index (κ1) is 42.8. The van der Waals surface area contributed by atoms with Crippen molar-refractivity contribution in [2.24, 2.45) is 11.3 Å². The van der Waals surface area contributed by atoms with E-state index in [1.165, 1.54) is 18.7 Å². The van der Waals surface area contributed by atoms with E-state index in [4.69, 9.17) is 0 Å². The molecule has 0 radical (unpaired) electrons. The third-order valence-corrected chi connectivity index (χ3v) is 10.8. The number of ketones is 1. The summed E-state index contributed by atoms with van der Waals surface area (Å²) < 4.78 is 27.6. The Bertz CT molecular complexity index is 1900. The van der Waals surface area contributed by atoms with E-state index >= 15 is 0 Å². The molecule has 3 amide bonds. The van der Waals surface area contributed by atoms with E-state index in [2.05, 4.69) is 15.4 Å². The lowest BCUT2D eigenvalue weighted by molar-refractivity contribution is -0.140. The highest BCUT2D eigenvalue weighted by Gasteiger charge is 2.41. The molecule has 3 aromatic rings. The van der Waals surface area contributed by atoms with Crippen LogP contribution < -0.4 is 15.4 Å². The monoisotopic (exact) mass is 744 g/mol. The molecule has 0 aliphatic carbocycles. The lowest BCUT2D eigenvalue weighted by Crippen LogP contribution is -2.61. The Hall–Kier alpha value is -4.61. The van der Waals surface area contributed by atoms with Crippen molar-refractivity contribution in [3.63, 3.8) is 0 Å². The molecule has 11 heteroatoms. The number of hydrogen-bond donors (Lipinski definition) is 3. The smallest absolute Gasteiger partial charge is 0.260 e. The first-order valence-corrected chi connectivity index (χ1v) is 19.5. The van der Waals surface area contributed by atoms with Gasteiger partial charge in [-0.25, -0.2) is 13.1 Å². The molecule has 286 valence electrons. The standard InChI is InChI=1S/C42H56N4O6S/c1-27(2)35(25-28(3)38(48)45-53(51,52)26-30-15-13-12-14-16-30)46(11)40(50)37(41(5,6)7)44-39(49)36(43-10)42(8,9)34-23-21-33(22-24-34)32-19-17-31(18-20-32)29(4)47/h12-25,27,35-37,43H,26H2,1-11H3,(H,44,49)(H,45,48)/t35-,36-,37-/m1/s1. The van der Waals surface area contributed by atoms with Crippen LogP contribution in [0.5, 0.6) is 0 Å². The van der Waals surface area contributed by atoms with Gasteiger partial charge in [-0.1, -0.05) is 133 Å². The Morgan fingerprint density at radius 2 is 1.32 bits per heavy atom. The van der Waals surface area contributed by atoms with Gasteiger partial charge in [0.25, 0.3) is 5.91 Å². The molecule has 0 unspecified atom stereocenters. The van der Waals surface area contributed by atoms with Crippen LogP contribution in [-0.4, -0.2) is 69.0 Å². The van der Waals surface area contributed by atoms with E-state index in [0.717, 1.165) is 16.7 Å². The van der Waals surface area contributed by atoms with Crippen LogP contribution in [0.15, 0.2) is 90.5 Å². The summed E-state index contributed by atoms with van der Waals surface area (Å²) in [6.45, 7) is 16.4. The molecule has 3 atom stereocenters. The number of rotatable bonds is 15. The number of Topliss-reactive ketones (excluding diaryl/α,β-unsaturated/α-hetero) is 1. The molecule has 0 aromatic heterocycles. The number of carbonyl (C=O) groups is 4. The van der Waals surface area contributed by atoms with Gasteiger partial charge in [-0.3, -0.25) is 19.2 Å². The van der Waals surface area contributed by atoms with E-state index < -0.39 is 44.9 Å². The molecule has 0 fully saturated rings. The minimum atomic E-state index is -3.96. The van der Waals surface area contributed by atoms with Gasteiger partial charge in [0.1, 0.15) is 6.04 Å². The molecule has 3 rings (SSSR count). The fourth-order valence-electron chi connectivity index (χ4n) is 6.34. The Morgan fingerprint density at radius 3 is 1.79 bits per heavy atom. The van der Waals surface area contributed by atoms with Crippen molar-refractivity contribution in [2.75, 3.05) is 14.1 Å². The second kappa shape index (κ2) is 17.5. The predicted octanol–water partition coefficient (Wildman–Crippen LogP) is 6.03. The fourth-order valence-corrected chi connectivity index (χ4v) is 7.48. The second-order valence-electron chi connectivity index (χ2n) is 15.7. The zero-order chi connectivity index (χ0) is 39.9. The number of nitrogens with one attached hydrogen (secondary N) is 3. The average molecular weight is 745 g/mol. The zero-order valence-electron chi connectivity index (χ0n) is 32.9. The van der Waals surface area contributed by atoms with Gasteiger partial charge < -0.3 is 15.5 Å². The van der Waals surface area contributed by atoms with Crippen molar-refractivity contribution >= 4 is 33.5 Å². The number of carbonyl (C=O) groups excluding carboxylic acids is 4. The van der Waals surface area contributed by atoms with Crippen LogP contribution >= 0.6 is 0 Å². The average Bonchev–Trinajstić information content (AvgIpc) is 3.08. The van der Waals surface area contributed by atoms with Crippen LogP contribution in [0.2, 0.25) is 0 Å². The van der Waals surface area contributed by atoms with Crippen molar-refractivity contribution in [3.05, 3.63) is 107 Å². The summed E-state index contributed by atoms with van der Waals surface area (Å²) in [6, 6.07) is 21.7. The highest BCUT2D eigenvalue weighted by molar-refractivity contribution is 7.89. The number of likely N-dealkylation sites (N-methyl/N-ethyl adjacent to an activating group) is 2. The number of sulfonamides is 1. The summed E-state index contributed by atoms with van der Waals surface area (Å²) in [4.78, 5) is 54.6. The topological polar surface area (TPSA) is 142 Å². The molecule has 10 nitrogen and oxygen atoms in total. The molecule has 0 aliphatic heterocycles. The van der Waals surface area contributed by atoms with Crippen LogP contribution in [0.1, 0.15) is 83.8 Å². The van der Waals surface area contributed by atoms with Crippen molar-refractivity contribution < 1.29 is 27.6 Å². The van der Waals surface area contributed by atoms with Crippen molar-refractivity contribution in [1.82, 2.24) is 20.3 Å². The van der Waals surface area contributed by atoms with Crippen molar-refractivity contribution in [1.29, 1.82) is 0 Å². The minimum absolute atomic E-state index is 0.00744. The maximum atomic E-state index is 14.3. The summed E-state index contributed by atoms with van der Waals surface area (Å²) in [7, 11) is -0.626. The van der Waals surface area contributed by atoms with E-state index in [1.807, 2.05) is 84.9 Å². The quantitative estimate of drug-likeness (QED) is 0.128. The van der Waals surface area contributed by atoms with Gasteiger partial charge in [0.05, 0.1) is 17.8 Å². The molecule has 0 aliphatic rings. The number of nitrogens with zero attached hydrogens (tertiary/aromatic N) is 1. The second-order valence-corrected chi connectivity index (χ2v) is 17.4. The third kappa shape index (κ3) is 11.2. The molecule has 0 spiro atoms. The Balaban J connectivity index is 1.81. The van der Waals surface area contributed by atoms with Crippen LogP contribution in [0.25, 0.3) is 11.1 Å². The summed E-state index contributed by atoms with van der Waals surface area (Å²) in [5.74, 6) is -1.96. The van der Waals surface area contributed by atoms with Crippen LogP contribution in [-0.2, 0) is 35.6 Å². The van der Waals surface area contributed by atoms with Crippen LogP contribution in [0, 0.1) is 11.3 Å². The zero-order valence-corrected chi connectivity index (χ0v) is 33.7. The van der Waals surface area contributed by atoms with Gasteiger partial charge in [0.15, 0.2) is 5.78 Å². The molecule has 0 bridgehead atoms. The van der Waals surface area contributed by atoms with Crippen LogP contribution in [0.3, 0.4) is 0 Å². The molecule has 0 saturated heterocycles. The summed E-state index contributed by atoms with van der Waals surface area (Å²) in [5.41, 5.74) is 2.82. The van der Waals surface area contributed by atoms with E-state index in [9.17, 15) is 27.6 Å². The molecule has 53 heavy (non-hydrogen) atoms. The van der Waals surface area contributed by atoms with Gasteiger partial charge in [-0.15, -0.1) is 0 Å². The van der Waals surface area contributed by atoms with Gasteiger partial charge in [-0.2, -0.15) is 0 Å². The molecular weight excluding hydrogens is 689 g/mol. The maximum absolute atomic E-state index is 14.3. The van der Waals surface area contributed by atoms with Crippen molar-refractivity contribution in [3.8, 4) is 11.1 Å². The van der Waals surface area contributed by atoms with Gasteiger partial charge in [-0.05, 0) is 54.5 Å². The molecule has 3 aromatic carbocycles. The molecular formula is C42H56N4O6S. The summed E-state index contributed by atoms with van der Waals surface area (Å²) >= 11 is 0. The predicted molar refractivity (Wildman–Crippen MR) is 212 cm³/mol. The Kier molecular flexibility index (Phi) is 14.1. The molecule has 3 N–H and O–H groups in total. The number of hydrogen-bond acceptors (Lipinski definition) is 7. The van der Waals surface area contributed by atoms with E-state index in [0.29, 0.717) is 11.1 Å². The normalized spacial score (nSPS) is 14.2. The Morgan fingerprint density at radius 1 is 0.792 bits per heavy atom. The number of benzene rings is 3. The SMILES string of the molecule is CN[C@H](C(=O)N[C@H](C(=O)N(C)[C@H](C=C(C)C(=O)NS(=O)(=O)Cc1ccccc1)C(C)C)C(C)(C)C)C(C)(C)c1ccc(-c2ccc(C(C)=O)cc2)cc1. The van der Waals surface area contributed by atoms with Gasteiger partial charge in [0, 0.05) is 23.6 Å². The first-order chi connectivity index (χ1) is 24.6.